The van der Waals surface area contributed by atoms with Crippen molar-refractivity contribution in [2.45, 2.75) is 50.9 Å². The summed E-state index contributed by atoms with van der Waals surface area (Å²) in [6.07, 6.45) is 7.23. The van der Waals surface area contributed by atoms with Crippen LogP contribution >= 0.6 is 0 Å². The lowest BCUT2D eigenvalue weighted by atomic mass is 9.87. The minimum absolute atomic E-state index is 0.0552. The van der Waals surface area contributed by atoms with Gasteiger partial charge in [-0.05, 0) is 49.6 Å². The molecule has 36 heavy (non-hydrogen) atoms. The first-order valence-electron chi connectivity index (χ1n) is 11.9. The number of nitroso groups, excluding NO2 is 1. The van der Waals surface area contributed by atoms with E-state index in [1.165, 1.54) is 12.4 Å². The van der Waals surface area contributed by atoms with E-state index in [2.05, 4.69) is 31.9 Å². The molecule has 2 unspecified atom stereocenters. The highest BCUT2D eigenvalue weighted by Crippen LogP contribution is 2.39. The van der Waals surface area contributed by atoms with E-state index < -0.39 is 6.17 Å². The van der Waals surface area contributed by atoms with Gasteiger partial charge in [-0.15, -0.1) is 4.91 Å². The number of halogens is 1. The Kier molecular flexibility index (Phi) is 6.17. The molecule has 10 heteroatoms. The third-order valence-electron chi connectivity index (χ3n) is 6.84. The average Bonchev–Trinajstić information content (AvgIpc) is 2.84. The van der Waals surface area contributed by atoms with Crippen molar-refractivity contribution in [3.8, 4) is 0 Å². The molecule has 1 aromatic carbocycles. The van der Waals surface area contributed by atoms with Crippen molar-refractivity contribution in [1.29, 1.82) is 5.41 Å². The first-order valence-corrected chi connectivity index (χ1v) is 11.9. The first-order chi connectivity index (χ1) is 17.4. The van der Waals surface area contributed by atoms with Crippen molar-refractivity contribution in [1.82, 2.24) is 14.9 Å². The number of allylic oxidation sites excluding steroid dienone is 3. The molecule has 1 aliphatic heterocycles. The van der Waals surface area contributed by atoms with Gasteiger partial charge in [0.1, 0.15) is 35.7 Å². The lowest BCUT2D eigenvalue weighted by molar-refractivity contribution is 0.236. The van der Waals surface area contributed by atoms with E-state index in [0.717, 1.165) is 19.3 Å². The Hall–Kier alpha value is -4.21. The van der Waals surface area contributed by atoms with Crippen molar-refractivity contribution in [2.24, 2.45) is 10.2 Å². The van der Waals surface area contributed by atoms with Crippen LogP contribution in [0.2, 0.25) is 0 Å². The Morgan fingerprint density at radius 2 is 2.17 bits per heavy atom. The Labute approximate surface area is 208 Å². The summed E-state index contributed by atoms with van der Waals surface area (Å²) in [6, 6.07) is 6.26. The van der Waals surface area contributed by atoms with Crippen LogP contribution in [0.5, 0.6) is 0 Å². The van der Waals surface area contributed by atoms with E-state index >= 15 is 0 Å². The minimum Gasteiger partial charge on any atom is -0.383 e. The van der Waals surface area contributed by atoms with Gasteiger partial charge in [0, 0.05) is 29.3 Å². The van der Waals surface area contributed by atoms with Crippen molar-refractivity contribution in [3.05, 3.63) is 82.3 Å². The number of aliphatic imine (C=N–C) groups is 1. The molecule has 0 spiro atoms. The van der Waals surface area contributed by atoms with Gasteiger partial charge in [0.05, 0.1) is 23.0 Å². The van der Waals surface area contributed by atoms with E-state index in [4.69, 9.17) is 16.1 Å². The number of hydrogen-bond acceptors (Lipinski definition) is 9. The summed E-state index contributed by atoms with van der Waals surface area (Å²) in [7, 11) is 0. The number of rotatable bonds is 7. The molecule has 0 amide bonds. The van der Waals surface area contributed by atoms with Crippen LogP contribution in [0.3, 0.4) is 0 Å². The van der Waals surface area contributed by atoms with Gasteiger partial charge in [-0.3, -0.25) is 5.41 Å². The number of benzene rings is 1. The molecule has 2 heterocycles. The van der Waals surface area contributed by atoms with E-state index in [0.29, 0.717) is 46.2 Å². The quantitative estimate of drug-likeness (QED) is 0.372. The molecule has 1 fully saturated rings. The molecule has 0 bridgehead atoms. The predicted molar refractivity (Wildman–Crippen MR) is 139 cm³/mol. The van der Waals surface area contributed by atoms with Crippen LogP contribution < -0.4 is 11.1 Å². The van der Waals surface area contributed by atoms with Crippen molar-refractivity contribution in [2.75, 3.05) is 11.1 Å². The van der Waals surface area contributed by atoms with Crippen LogP contribution in [0, 0.1) is 10.3 Å². The maximum absolute atomic E-state index is 14.8. The number of nitrogen functional groups attached to an aromatic ring is 1. The van der Waals surface area contributed by atoms with Crippen LogP contribution in [0.4, 0.5) is 21.7 Å². The monoisotopic (exact) mass is 486 g/mol. The fourth-order valence-corrected chi connectivity index (χ4v) is 4.78. The Morgan fingerprint density at radius 3 is 2.89 bits per heavy atom. The number of anilines is 2. The van der Waals surface area contributed by atoms with Gasteiger partial charge in [0.2, 0.25) is 0 Å². The molecule has 1 aromatic heterocycles. The molecule has 0 radical (unpaired) electrons. The number of alkyl halides is 1. The molecule has 1 saturated carbocycles. The third kappa shape index (κ3) is 4.08. The number of amidine groups is 1. The van der Waals surface area contributed by atoms with Gasteiger partial charge >= 0.3 is 0 Å². The number of nitrogens with one attached hydrogen (secondary N) is 2. The molecule has 2 atom stereocenters. The molecule has 2 aliphatic carbocycles. The van der Waals surface area contributed by atoms with Gasteiger partial charge in [-0.2, -0.15) is 0 Å². The number of hydrogen-bond donors (Lipinski definition) is 3. The lowest BCUT2D eigenvalue weighted by Gasteiger charge is -2.45. The predicted octanol–water partition coefficient (Wildman–Crippen LogP) is 5.01. The number of aromatic nitrogens is 2. The summed E-state index contributed by atoms with van der Waals surface area (Å²) >= 11 is 0. The third-order valence-corrected chi connectivity index (χ3v) is 6.84. The minimum atomic E-state index is -1.13. The van der Waals surface area contributed by atoms with Gasteiger partial charge in [0.25, 0.3) is 0 Å². The Balaban J connectivity index is 1.51. The average molecular weight is 487 g/mol. The van der Waals surface area contributed by atoms with Crippen LogP contribution in [-0.4, -0.2) is 44.7 Å². The largest absolute Gasteiger partial charge is 0.383 e. The first kappa shape index (κ1) is 23.5. The lowest BCUT2D eigenvalue weighted by Crippen LogP contribution is -2.51. The maximum Gasteiger partial charge on any atom is 0.141 e. The van der Waals surface area contributed by atoms with Gasteiger partial charge in [-0.25, -0.2) is 19.4 Å². The van der Waals surface area contributed by atoms with Gasteiger partial charge < -0.3 is 16.0 Å². The zero-order chi connectivity index (χ0) is 25.4. The van der Waals surface area contributed by atoms with Gasteiger partial charge in [-0.1, -0.05) is 24.8 Å². The molecule has 5 rings (SSSR count). The van der Waals surface area contributed by atoms with Crippen LogP contribution in [0.1, 0.15) is 43.7 Å². The normalized spacial score (nSPS) is 20.4. The fourth-order valence-electron chi connectivity index (χ4n) is 4.78. The molecule has 9 nitrogen and oxygen atoms in total. The highest BCUT2D eigenvalue weighted by molar-refractivity contribution is 6.16. The molecular weight excluding hydrogens is 459 g/mol. The smallest absolute Gasteiger partial charge is 0.141 e. The van der Waals surface area contributed by atoms with E-state index in [1.54, 1.807) is 24.3 Å². The SMILES string of the molecule is C=C1C2=C(C=CCC2F)N=C(C(C)Nc2ncnc(N)c2C(=N)c2cccc(N=O)c2)N1C1CCC1. The van der Waals surface area contributed by atoms with E-state index in [9.17, 15) is 9.30 Å². The van der Waals surface area contributed by atoms with Gasteiger partial charge in [0.15, 0.2) is 0 Å². The van der Waals surface area contributed by atoms with E-state index in [1.807, 2.05) is 13.0 Å². The van der Waals surface area contributed by atoms with Crippen molar-refractivity contribution in [3.63, 3.8) is 0 Å². The van der Waals surface area contributed by atoms with Crippen LogP contribution in [0.15, 0.2) is 76.5 Å². The summed E-state index contributed by atoms with van der Waals surface area (Å²) in [4.78, 5) is 26.4. The standard InChI is InChI=1S/C26H27FN8O/c1-14(26-33-20-11-5-10-19(27)21(20)15(2)35(26)18-8-4-9-18)32-25-22(24(29)30-13-31-25)23(28)16-6-3-7-17(12-16)34-36/h3,5-7,11-14,18-19,28H,2,4,8-10H2,1H3,(H3,29,30,31,32). The molecular formula is C26H27FN8O. The second-order valence-corrected chi connectivity index (χ2v) is 9.14. The topological polar surface area (TPSA) is 133 Å². The zero-order valence-corrected chi connectivity index (χ0v) is 19.9. The van der Waals surface area contributed by atoms with Crippen LogP contribution in [0.25, 0.3) is 0 Å². The summed E-state index contributed by atoms with van der Waals surface area (Å²) in [5, 5.41) is 15.1. The Morgan fingerprint density at radius 1 is 1.36 bits per heavy atom. The summed E-state index contributed by atoms with van der Waals surface area (Å²) < 4.78 is 14.8. The number of nitrogens with two attached hydrogens (primary N) is 1. The van der Waals surface area contributed by atoms with E-state index in [-0.39, 0.29) is 29.3 Å². The van der Waals surface area contributed by atoms with Crippen molar-refractivity contribution < 1.29 is 4.39 Å². The molecule has 184 valence electrons. The summed E-state index contributed by atoms with van der Waals surface area (Å²) in [6.45, 7) is 6.20. The summed E-state index contributed by atoms with van der Waals surface area (Å²) in [5.41, 5.74) is 9.00. The molecule has 4 N–H and O–H groups in total. The van der Waals surface area contributed by atoms with Crippen molar-refractivity contribution >= 4 is 28.9 Å². The zero-order valence-electron chi connectivity index (χ0n) is 19.9. The highest BCUT2D eigenvalue weighted by Gasteiger charge is 2.39. The Bertz CT molecular complexity index is 1340. The molecule has 3 aliphatic rings. The summed E-state index contributed by atoms with van der Waals surface area (Å²) in [5.74, 6) is 1.19. The second-order valence-electron chi connectivity index (χ2n) is 9.14. The van der Waals surface area contributed by atoms with Crippen LogP contribution in [-0.2, 0) is 0 Å². The molecule has 2 aromatic rings. The second kappa shape index (κ2) is 9.44. The highest BCUT2D eigenvalue weighted by atomic mass is 19.1. The number of nitrogens with zero attached hydrogens (tertiary/aromatic N) is 5. The molecule has 0 saturated heterocycles. The fraction of sp³-hybridized carbons (Fsp3) is 0.308. The maximum atomic E-state index is 14.8.